The molecule has 0 fully saturated rings. The van der Waals surface area contributed by atoms with Crippen LogP contribution in [0.5, 0.6) is 0 Å². The maximum absolute atomic E-state index is 12.5. The molecular weight excluding hydrogens is 374 g/mol. The van der Waals surface area contributed by atoms with Crippen LogP contribution in [0.4, 0.5) is 5.69 Å². The fraction of sp³-hybridized carbons (Fsp3) is 0.250. The summed E-state index contributed by atoms with van der Waals surface area (Å²) in [7, 11) is 0. The van der Waals surface area contributed by atoms with E-state index in [9.17, 15) is 9.59 Å². The summed E-state index contributed by atoms with van der Waals surface area (Å²) in [6, 6.07) is 16.8. The Morgan fingerprint density at radius 1 is 1.07 bits per heavy atom. The van der Waals surface area contributed by atoms with Gasteiger partial charge in [0.15, 0.2) is 5.78 Å². The number of hydrogen-bond donors (Lipinski definition) is 1. The van der Waals surface area contributed by atoms with Crippen LogP contribution in [0.1, 0.15) is 29.8 Å². The predicted octanol–water partition coefficient (Wildman–Crippen LogP) is 3.29. The van der Waals surface area contributed by atoms with E-state index < -0.39 is 0 Å². The van der Waals surface area contributed by atoms with E-state index in [1.54, 1.807) is 28.9 Å². The first-order valence-corrected chi connectivity index (χ1v) is 9.88. The smallest absolute Gasteiger partial charge is 0.226 e. The first kappa shape index (κ1) is 19.8. The number of anilines is 1. The molecule has 0 bridgehead atoms. The summed E-state index contributed by atoms with van der Waals surface area (Å²) in [5.74, 6) is 0.0489. The Labute approximate surface area is 167 Å². The van der Waals surface area contributed by atoms with Crippen molar-refractivity contribution in [2.24, 2.45) is 5.92 Å². The summed E-state index contributed by atoms with van der Waals surface area (Å²) in [5.41, 5.74) is 2.34. The van der Waals surface area contributed by atoms with Gasteiger partial charge in [-0.25, -0.2) is 4.68 Å². The van der Waals surface area contributed by atoms with Gasteiger partial charge in [0.1, 0.15) is 0 Å². The molecule has 0 radical (unpaired) electrons. The number of rotatable bonds is 8. The van der Waals surface area contributed by atoms with Crippen molar-refractivity contribution in [2.75, 3.05) is 11.1 Å². The van der Waals surface area contributed by atoms with Gasteiger partial charge in [-0.3, -0.25) is 9.59 Å². The summed E-state index contributed by atoms with van der Waals surface area (Å²) in [6.07, 6.45) is 0. The minimum Gasteiger partial charge on any atom is -0.326 e. The Bertz CT molecular complexity index is 939. The Balaban J connectivity index is 1.57. The molecule has 3 rings (SSSR count). The Morgan fingerprint density at radius 3 is 2.46 bits per heavy atom. The Hall–Kier alpha value is -3.00. The van der Waals surface area contributed by atoms with Crippen LogP contribution in [-0.2, 0) is 11.3 Å². The van der Waals surface area contributed by atoms with E-state index in [-0.39, 0.29) is 23.4 Å². The van der Waals surface area contributed by atoms with Gasteiger partial charge in [0.25, 0.3) is 0 Å². The summed E-state index contributed by atoms with van der Waals surface area (Å²) in [4.78, 5) is 24.2. The minimum absolute atomic E-state index is 0.0269. The largest absolute Gasteiger partial charge is 0.326 e. The number of carbonyl (C=O) groups is 2. The quantitative estimate of drug-likeness (QED) is 0.465. The molecule has 0 aliphatic rings. The molecule has 0 aliphatic carbocycles. The highest BCUT2D eigenvalue weighted by Gasteiger charge is 2.13. The van der Waals surface area contributed by atoms with E-state index in [1.165, 1.54) is 11.8 Å². The van der Waals surface area contributed by atoms with Gasteiger partial charge >= 0.3 is 0 Å². The normalized spacial score (nSPS) is 10.8. The SMILES string of the molecule is CC(C)C(=O)Nc1ccc(C(=O)CSc2nnnn2Cc2ccccc2)cc1. The van der Waals surface area contributed by atoms with E-state index in [4.69, 9.17) is 0 Å². The first-order valence-electron chi connectivity index (χ1n) is 8.90. The molecule has 0 spiro atoms. The number of nitrogens with one attached hydrogen (secondary N) is 1. The highest BCUT2D eigenvalue weighted by atomic mass is 32.2. The standard InChI is InChI=1S/C20H21N5O2S/c1-14(2)19(27)21-17-10-8-16(9-11-17)18(26)13-28-20-22-23-24-25(20)12-15-6-4-3-5-7-15/h3-11,14H,12-13H2,1-2H3,(H,21,27). The first-order chi connectivity index (χ1) is 13.5. The number of aromatic nitrogens is 4. The van der Waals surface area contributed by atoms with Crippen molar-refractivity contribution < 1.29 is 9.59 Å². The van der Waals surface area contributed by atoms with Crippen LogP contribution >= 0.6 is 11.8 Å². The molecule has 0 unspecified atom stereocenters. The number of carbonyl (C=O) groups excluding carboxylic acids is 2. The monoisotopic (exact) mass is 395 g/mol. The van der Waals surface area contributed by atoms with Gasteiger partial charge in [-0.15, -0.1) is 5.10 Å². The zero-order chi connectivity index (χ0) is 19.9. The average molecular weight is 395 g/mol. The average Bonchev–Trinajstić information content (AvgIpc) is 3.14. The lowest BCUT2D eigenvalue weighted by molar-refractivity contribution is -0.118. The van der Waals surface area contributed by atoms with E-state index >= 15 is 0 Å². The molecule has 1 heterocycles. The van der Waals surface area contributed by atoms with Gasteiger partial charge in [0.05, 0.1) is 12.3 Å². The van der Waals surface area contributed by atoms with E-state index in [2.05, 4.69) is 20.8 Å². The zero-order valence-corrected chi connectivity index (χ0v) is 16.5. The lowest BCUT2D eigenvalue weighted by Gasteiger charge is -2.08. The van der Waals surface area contributed by atoms with Crippen LogP contribution < -0.4 is 5.32 Å². The number of nitrogens with zero attached hydrogens (tertiary/aromatic N) is 4. The lowest BCUT2D eigenvalue weighted by atomic mass is 10.1. The van der Waals surface area contributed by atoms with Crippen LogP contribution in [0.15, 0.2) is 59.8 Å². The number of ketones is 1. The van der Waals surface area contributed by atoms with Crippen molar-refractivity contribution in [3.63, 3.8) is 0 Å². The number of tetrazole rings is 1. The van der Waals surface area contributed by atoms with Crippen LogP contribution in [0.25, 0.3) is 0 Å². The Kier molecular flexibility index (Phi) is 6.54. The lowest BCUT2D eigenvalue weighted by Crippen LogP contribution is -2.17. The van der Waals surface area contributed by atoms with Crippen LogP contribution in [0.3, 0.4) is 0 Å². The molecule has 1 amide bonds. The van der Waals surface area contributed by atoms with Crippen molar-refractivity contribution in [2.45, 2.75) is 25.5 Å². The molecule has 0 saturated carbocycles. The van der Waals surface area contributed by atoms with Crippen LogP contribution in [0, 0.1) is 5.92 Å². The molecule has 3 aromatic rings. The third kappa shape index (κ3) is 5.26. The van der Waals surface area contributed by atoms with Crippen molar-refractivity contribution >= 4 is 29.1 Å². The van der Waals surface area contributed by atoms with Gasteiger partial charge < -0.3 is 5.32 Å². The second-order valence-corrected chi connectivity index (χ2v) is 7.48. The number of thioether (sulfide) groups is 1. The molecule has 8 heteroatoms. The molecule has 1 aromatic heterocycles. The van der Waals surface area contributed by atoms with E-state index in [0.29, 0.717) is 23.0 Å². The molecule has 2 aromatic carbocycles. The second-order valence-electron chi connectivity index (χ2n) is 6.54. The van der Waals surface area contributed by atoms with E-state index in [1.807, 2.05) is 44.2 Å². The number of hydrogen-bond acceptors (Lipinski definition) is 6. The van der Waals surface area contributed by atoms with E-state index in [0.717, 1.165) is 5.56 Å². The molecule has 0 saturated heterocycles. The van der Waals surface area contributed by atoms with Crippen LogP contribution in [0.2, 0.25) is 0 Å². The molecule has 7 nitrogen and oxygen atoms in total. The highest BCUT2D eigenvalue weighted by molar-refractivity contribution is 7.99. The fourth-order valence-corrected chi connectivity index (χ4v) is 3.17. The molecule has 28 heavy (non-hydrogen) atoms. The third-order valence-corrected chi connectivity index (χ3v) is 4.96. The summed E-state index contributed by atoms with van der Waals surface area (Å²) in [5, 5.41) is 15.1. The van der Waals surface area contributed by atoms with Crippen molar-refractivity contribution in [1.29, 1.82) is 0 Å². The summed E-state index contributed by atoms with van der Waals surface area (Å²) >= 11 is 1.30. The van der Waals surface area contributed by atoms with Gasteiger partial charge in [-0.05, 0) is 40.3 Å². The topological polar surface area (TPSA) is 89.8 Å². The van der Waals surface area contributed by atoms with Crippen molar-refractivity contribution in [3.05, 3.63) is 65.7 Å². The van der Waals surface area contributed by atoms with Gasteiger partial charge in [-0.1, -0.05) is 55.9 Å². The molecule has 0 atom stereocenters. The maximum atomic E-state index is 12.5. The number of benzene rings is 2. The summed E-state index contributed by atoms with van der Waals surface area (Å²) < 4.78 is 1.68. The molecule has 144 valence electrons. The molecule has 1 N–H and O–H groups in total. The maximum Gasteiger partial charge on any atom is 0.226 e. The predicted molar refractivity (Wildman–Crippen MR) is 108 cm³/mol. The third-order valence-electron chi connectivity index (χ3n) is 4.01. The Morgan fingerprint density at radius 2 is 1.79 bits per heavy atom. The van der Waals surface area contributed by atoms with Crippen LogP contribution in [-0.4, -0.2) is 37.7 Å². The minimum atomic E-state index is -0.0976. The second kappa shape index (κ2) is 9.27. The molecule has 0 aliphatic heterocycles. The van der Waals surface area contributed by atoms with Gasteiger partial charge in [-0.2, -0.15) is 0 Å². The zero-order valence-electron chi connectivity index (χ0n) is 15.7. The van der Waals surface area contributed by atoms with Crippen molar-refractivity contribution in [1.82, 2.24) is 20.2 Å². The van der Waals surface area contributed by atoms with Gasteiger partial charge in [0, 0.05) is 17.2 Å². The highest BCUT2D eigenvalue weighted by Crippen LogP contribution is 2.18. The van der Waals surface area contributed by atoms with Crippen molar-refractivity contribution in [3.8, 4) is 0 Å². The fourth-order valence-electron chi connectivity index (χ4n) is 2.39. The number of amides is 1. The van der Waals surface area contributed by atoms with Gasteiger partial charge in [0.2, 0.25) is 11.1 Å². The number of Topliss-reactive ketones (excluding diaryl/α,β-unsaturated/α-hetero) is 1. The summed E-state index contributed by atoms with van der Waals surface area (Å²) in [6.45, 7) is 4.21. The molecular formula is C20H21N5O2S.